The molecule has 1 fully saturated rings. The Balaban J connectivity index is 1.71. The first-order valence-electron chi connectivity index (χ1n) is 9.44. The van der Waals surface area contributed by atoms with Crippen LogP contribution in [0.5, 0.6) is 0 Å². The standard InChI is InChI=1S/C22H27N3O2/c1-15-7-6-10-20(16(15)2)24-21-9-5-4-8-19(21)22(27)23-18-11-13-25(14-12-18)17(3)26/h4-10,18,24H,11-14H2,1-3H3,(H,23,27). The lowest BCUT2D eigenvalue weighted by Gasteiger charge is -2.31. The molecular weight excluding hydrogens is 338 g/mol. The van der Waals surface area contributed by atoms with Crippen molar-refractivity contribution in [3.63, 3.8) is 0 Å². The van der Waals surface area contributed by atoms with Crippen molar-refractivity contribution in [1.29, 1.82) is 0 Å². The maximum atomic E-state index is 12.9. The third-order valence-electron chi connectivity index (χ3n) is 5.32. The summed E-state index contributed by atoms with van der Waals surface area (Å²) in [4.78, 5) is 26.1. The number of hydrogen-bond acceptors (Lipinski definition) is 3. The summed E-state index contributed by atoms with van der Waals surface area (Å²) in [5, 5.41) is 6.54. The summed E-state index contributed by atoms with van der Waals surface area (Å²) >= 11 is 0. The first-order chi connectivity index (χ1) is 13.0. The minimum absolute atomic E-state index is 0.0790. The van der Waals surface area contributed by atoms with E-state index in [4.69, 9.17) is 0 Å². The van der Waals surface area contributed by atoms with Crippen molar-refractivity contribution in [2.45, 2.75) is 39.7 Å². The number of nitrogens with one attached hydrogen (secondary N) is 2. The first kappa shape index (κ1) is 19.0. The van der Waals surface area contributed by atoms with Gasteiger partial charge in [-0.2, -0.15) is 0 Å². The van der Waals surface area contributed by atoms with Crippen molar-refractivity contribution >= 4 is 23.2 Å². The van der Waals surface area contributed by atoms with E-state index in [0.29, 0.717) is 18.7 Å². The second-order valence-corrected chi connectivity index (χ2v) is 7.17. The van der Waals surface area contributed by atoms with E-state index in [1.807, 2.05) is 41.3 Å². The van der Waals surface area contributed by atoms with Crippen molar-refractivity contribution in [1.82, 2.24) is 10.2 Å². The number of nitrogens with zero attached hydrogens (tertiary/aromatic N) is 1. The summed E-state index contributed by atoms with van der Waals surface area (Å²) in [6, 6.07) is 13.8. The maximum absolute atomic E-state index is 12.9. The minimum Gasteiger partial charge on any atom is -0.355 e. The number of likely N-dealkylation sites (tertiary alicyclic amines) is 1. The summed E-state index contributed by atoms with van der Waals surface area (Å²) < 4.78 is 0. The van der Waals surface area contributed by atoms with Crippen LogP contribution in [0.4, 0.5) is 11.4 Å². The molecule has 1 aliphatic heterocycles. The number of rotatable bonds is 4. The maximum Gasteiger partial charge on any atom is 0.253 e. The van der Waals surface area contributed by atoms with E-state index in [2.05, 4.69) is 30.5 Å². The monoisotopic (exact) mass is 365 g/mol. The third kappa shape index (κ3) is 4.48. The summed E-state index contributed by atoms with van der Waals surface area (Å²) in [6.07, 6.45) is 1.58. The molecule has 5 heteroatoms. The lowest BCUT2D eigenvalue weighted by molar-refractivity contribution is -0.129. The number of aryl methyl sites for hydroxylation is 1. The molecule has 0 unspecified atom stereocenters. The quantitative estimate of drug-likeness (QED) is 0.867. The summed E-state index contributed by atoms with van der Waals surface area (Å²) in [5.74, 6) is 0.0209. The van der Waals surface area contributed by atoms with E-state index in [-0.39, 0.29) is 17.9 Å². The Morgan fingerprint density at radius 3 is 2.33 bits per heavy atom. The van der Waals surface area contributed by atoms with Gasteiger partial charge in [0.05, 0.1) is 11.3 Å². The normalized spacial score (nSPS) is 14.7. The van der Waals surface area contributed by atoms with Crippen LogP contribution in [-0.4, -0.2) is 35.8 Å². The molecule has 1 saturated heterocycles. The Hall–Kier alpha value is -2.82. The van der Waals surface area contributed by atoms with Crippen molar-refractivity contribution in [3.8, 4) is 0 Å². The van der Waals surface area contributed by atoms with E-state index in [1.54, 1.807) is 6.92 Å². The minimum atomic E-state index is -0.0790. The van der Waals surface area contributed by atoms with Crippen molar-refractivity contribution in [2.75, 3.05) is 18.4 Å². The molecule has 5 nitrogen and oxygen atoms in total. The third-order valence-corrected chi connectivity index (χ3v) is 5.32. The number of anilines is 2. The summed E-state index contributed by atoms with van der Waals surface area (Å²) in [6.45, 7) is 7.13. The molecule has 27 heavy (non-hydrogen) atoms. The lowest BCUT2D eigenvalue weighted by Crippen LogP contribution is -2.46. The number of hydrogen-bond donors (Lipinski definition) is 2. The number of carbonyl (C=O) groups is 2. The number of carbonyl (C=O) groups excluding carboxylic acids is 2. The molecule has 3 rings (SSSR count). The molecule has 0 saturated carbocycles. The predicted octanol–water partition coefficient (Wildman–Crippen LogP) is 3.79. The van der Waals surface area contributed by atoms with Gasteiger partial charge in [-0.1, -0.05) is 24.3 Å². The molecule has 2 aromatic carbocycles. The van der Waals surface area contributed by atoms with E-state index in [0.717, 1.165) is 24.2 Å². The predicted molar refractivity (Wildman–Crippen MR) is 108 cm³/mol. The molecule has 2 aromatic rings. The molecule has 0 radical (unpaired) electrons. The highest BCUT2D eigenvalue weighted by Crippen LogP contribution is 2.25. The first-order valence-corrected chi connectivity index (χ1v) is 9.44. The Labute approximate surface area is 160 Å². The smallest absolute Gasteiger partial charge is 0.253 e. The van der Waals surface area contributed by atoms with Gasteiger partial charge >= 0.3 is 0 Å². The van der Waals surface area contributed by atoms with Gasteiger partial charge in [0.25, 0.3) is 5.91 Å². The van der Waals surface area contributed by atoms with Gasteiger partial charge < -0.3 is 15.5 Å². The van der Waals surface area contributed by atoms with Crippen LogP contribution in [0.25, 0.3) is 0 Å². The van der Waals surface area contributed by atoms with E-state index in [9.17, 15) is 9.59 Å². The van der Waals surface area contributed by atoms with Crippen molar-refractivity contribution in [2.24, 2.45) is 0 Å². The van der Waals surface area contributed by atoms with Gasteiger partial charge in [0.1, 0.15) is 0 Å². The zero-order chi connectivity index (χ0) is 19.4. The van der Waals surface area contributed by atoms with Gasteiger partial charge in [0.15, 0.2) is 0 Å². The van der Waals surface area contributed by atoms with Gasteiger partial charge in [-0.15, -0.1) is 0 Å². The number of benzene rings is 2. The molecule has 1 aliphatic rings. The Morgan fingerprint density at radius 2 is 1.63 bits per heavy atom. The Morgan fingerprint density at radius 1 is 0.963 bits per heavy atom. The van der Waals surface area contributed by atoms with Crippen LogP contribution in [0, 0.1) is 13.8 Å². The van der Waals surface area contributed by atoms with E-state index < -0.39 is 0 Å². The average molecular weight is 365 g/mol. The Bertz CT molecular complexity index is 839. The molecule has 0 atom stereocenters. The van der Waals surface area contributed by atoms with Gasteiger partial charge in [-0.3, -0.25) is 9.59 Å². The zero-order valence-electron chi connectivity index (χ0n) is 16.2. The molecular formula is C22H27N3O2. The molecule has 2 amide bonds. The van der Waals surface area contributed by atoms with Gasteiger partial charge in [-0.05, 0) is 56.0 Å². The van der Waals surface area contributed by atoms with Gasteiger partial charge in [0.2, 0.25) is 5.91 Å². The summed E-state index contributed by atoms with van der Waals surface area (Å²) in [7, 11) is 0. The average Bonchev–Trinajstić information content (AvgIpc) is 2.66. The van der Waals surface area contributed by atoms with Crippen LogP contribution >= 0.6 is 0 Å². The highest BCUT2D eigenvalue weighted by Gasteiger charge is 2.23. The second-order valence-electron chi connectivity index (χ2n) is 7.17. The molecule has 0 bridgehead atoms. The van der Waals surface area contributed by atoms with Crippen LogP contribution in [0.1, 0.15) is 41.3 Å². The van der Waals surface area contributed by atoms with Gasteiger partial charge in [-0.25, -0.2) is 0 Å². The van der Waals surface area contributed by atoms with Crippen molar-refractivity contribution in [3.05, 3.63) is 59.2 Å². The van der Waals surface area contributed by atoms with E-state index >= 15 is 0 Å². The number of piperidine rings is 1. The fourth-order valence-electron chi connectivity index (χ4n) is 3.42. The number of amides is 2. The molecule has 142 valence electrons. The van der Waals surface area contributed by atoms with Crippen LogP contribution in [0.2, 0.25) is 0 Å². The van der Waals surface area contributed by atoms with Crippen molar-refractivity contribution < 1.29 is 9.59 Å². The Kier molecular flexibility index (Phi) is 5.79. The van der Waals surface area contributed by atoms with E-state index in [1.165, 1.54) is 11.1 Å². The number of para-hydroxylation sites is 1. The van der Waals surface area contributed by atoms with Crippen LogP contribution in [0.3, 0.4) is 0 Å². The molecule has 1 heterocycles. The fraction of sp³-hybridized carbons (Fsp3) is 0.364. The highest BCUT2D eigenvalue weighted by molar-refractivity contribution is 6.00. The van der Waals surface area contributed by atoms with Crippen LogP contribution < -0.4 is 10.6 Å². The molecule has 0 spiro atoms. The SMILES string of the molecule is CC(=O)N1CCC(NC(=O)c2ccccc2Nc2cccc(C)c2C)CC1. The largest absolute Gasteiger partial charge is 0.355 e. The zero-order valence-corrected chi connectivity index (χ0v) is 16.2. The highest BCUT2D eigenvalue weighted by atomic mass is 16.2. The van der Waals surface area contributed by atoms with Crippen LogP contribution in [-0.2, 0) is 4.79 Å². The van der Waals surface area contributed by atoms with Gasteiger partial charge in [0, 0.05) is 31.7 Å². The molecule has 0 aromatic heterocycles. The topological polar surface area (TPSA) is 61.4 Å². The summed E-state index contributed by atoms with van der Waals surface area (Å²) in [5.41, 5.74) is 4.81. The second kappa shape index (κ2) is 8.25. The van der Waals surface area contributed by atoms with Crippen LogP contribution in [0.15, 0.2) is 42.5 Å². The molecule has 2 N–H and O–H groups in total. The lowest BCUT2D eigenvalue weighted by atomic mass is 10.0. The molecule has 0 aliphatic carbocycles. The fourth-order valence-corrected chi connectivity index (χ4v) is 3.42.